The van der Waals surface area contributed by atoms with Crippen molar-refractivity contribution in [2.45, 2.75) is 27.3 Å². The predicted octanol–water partition coefficient (Wildman–Crippen LogP) is 3.30. The highest BCUT2D eigenvalue weighted by atomic mass is 35.5. The van der Waals surface area contributed by atoms with Gasteiger partial charge in [-0.15, -0.1) is 0 Å². The maximum absolute atomic E-state index is 12.5. The summed E-state index contributed by atoms with van der Waals surface area (Å²) in [6.07, 6.45) is 0. The Morgan fingerprint density at radius 1 is 1.07 bits per heavy atom. The molecule has 0 aliphatic heterocycles. The highest BCUT2D eigenvalue weighted by Gasteiger charge is 2.16. The van der Waals surface area contributed by atoms with Crippen LogP contribution < -0.4 is 10.9 Å². The van der Waals surface area contributed by atoms with E-state index in [1.165, 1.54) is 10.6 Å². The summed E-state index contributed by atoms with van der Waals surface area (Å²) in [7, 11) is 0. The molecule has 0 spiro atoms. The Balaban J connectivity index is 1.94. The van der Waals surface area contributed by atoms with Crippen LogP contribution in [0.2, 0.25) is 10.0 Å². The molecule has 2 aromatic heterocycles. The standard InChI is InChI=1S/C18H17Cl2N5O2/c1-10-7-17(27)24(18(21-10)25-12(3)6-11(2)23-25)9-16(26)22-13-4-5-14(19)15(20)8-13/h4-8H,9H2,1-3H3,(H,22,26). The number of carbonyl (C=O) groups is 1. The normalized spacial score (nSPS) is 10.9. The lowest BCUT2D eigenvalue weighted by atomic mass is 10.3. The van der Waals surface area contributed by atoms with Crippen molar-refractivity contribution in [1.29, 1.82) is 0 Å². The van der Waals surface area contributed by atoms with Crippen LogP contribution in [0.25, 0.3) is 5.95 Å². The molecule has 1 N–H and O–H groups in total. The van der Waals surface area contributed by atoms with Crippen molar-refractivity contribution in [3.8, 4) is 5.95 Å². The molecule has 0 bridgehead atoms. The first kappa shape index (κ1) is 19.1. The van der Waals surface area contributed by atoms with Crippen LogP contribution in [0.4, 0.5) is 5.69 Å². The zero-order valence-electron chi connectivity index (χ0n) is 15.0. The molecule has 27 heavy (non-hydrogen) atoms. The summed E-state index contributed by atoms with van der Waals surface area (Å²) in [5, 5.41) is 7.78. The van der Waals surface area contributed by atoms with Crippen LogP contribution in [0.15, 0.2) is 35.1 Å². The highest BCUT2D eigenvalue weighted by Crippen LogP contribution is 2.25. The van der Waals surface area contributed by atoms with Crippen LogP contribution in [0.5, 0.6) is 0 Å². The molecule has 0 unspecified atom stereocenters. The molecule has 1 aromatic carbocycles. The first-order valence-corrected chi connectivity index (χ1v) is 8.87. The second kappa shape index (κ2) is 7.54. The Morgan fingerprint density at radius 2 is 1.81 bits per heavy atom. The monoisotopic (exact) mass is 405 g/mol. The van der Waals surface area contributed by atoms with Gasteiger partial charge in [-0.3, -0.25) is 14.2 Å². The van der Waals surface area contributed by atoms with Crippen molar-refractivity contribution in [3.05, 3.63) is 67.8 Å². The summed E-state index contributed by atoms with van der Waals surface area (Å²) in [6.45, 7) is 5.20. The molecule has 0 aliphatic carbocycles. The number of nitrogens with zero attached hydrogens (tertiary/aromatic N) is 4. The van der Waals surface area contributed by atoms with E-state index in [1.807, 2.05) is 19.9 Å². The Morgan fingerprint density at radius 3 is 2.44 bits per heavy atom. The molecule has 140 valence electrons. The van der Waals surface area contributed by atoms with Gasteiger partial charge in [0.1, 0.15) is 6.54 Å². The maximum atomic E-state index is 12.5. The Labute approximate surface area is 165 Å². The number of aromatic nitrogens is 4. The van der Waals surface area contributed by atoms with E-state index in [-0.39, 0.29) is 18.1 Å². The van der Waals surface area contributed by atoms with Crippen LogP contribution in [-0.4, -0.2) is 25.2 Å². The lowest BCUT2D eigenvalue weighted by Crippen LogP contribution is -2.32. The Bertz CT molecular complexity index is 1090. The third-order valence-electron chi connectivity index (χ3n) is 3.82. The van der Waals surface area contributed by atoms with Crippen molar-refractivity contribution in [2.24, 2.45) is 0 Å². The summed E-state index contributed by atoms with van der Waals surface area (Å²) in [5.74, 6) is -0.112. The molecule has 1 amide bonds. The quantitative estimate of drug-likeness (QED) is 0.721. The Hall–Kier alpha value is -2.64. The van der Waals surface area contributed by atoms with Crippen LogP contribution in [0, 0.1) is 20.8 Å². The van der Waals surface area contributed by atoms with Crippen molar-refractivity contribution < 1.29 is 4.79 Å². The minimum atomic E-state index is -0.399. The molecular formula is C18H17Cl2N5O2. The lowest BCUT2D eigenvalue weighted by molar-refractivity contribution is -0.116. The number of halogens is 2. The molecule has 0 saturated heterocycles. The first-order chi connectivity index (χ1) is 12.7. The van der Waals surface area contributed by atoms with Crippen LogP contribution in [-0.2, 0) is 11.3 Å². The molecule has 9 heteroatoms. The van der Waals surface area contributed by atoms with E-state index in [0.29, 0.717) is 21.4 Å². The molecule has 0 atom stereocenters. The number of amides is 1. The van der Waals surface area contributed by atoms with Gasteiger partial charge in [0.25, 0.3) is 5.56 Å². The van der Waals surface area contributed by atoms with E-state index < -0.39 is 5.91 Å². The second-order valence-electron chi connectivity index (χ2n) is 6.14. The highest BCUT2D eigenvalue weighted by molar-refractivity contribution is 6.42. The minimum absolute atomic E-state index is 0.222. The van der Waals surface area contributed by atoms with E-state index in [9.17, 15) is 9.59 Å². The largest absolute Gasteiger partial charge is 0.324 e. The molecule has 0 aliphatic rings. The first-order valence-electron chi connectivity index (χ1n) is 8.11. The van der Waals surface area contributed by atoms with E-state index >= 15 is 0 Å². The number of hydrogen-bond acceptors (Lipinski definition) is 4. The molecule has 0 fully saturated rings. The fourth-order valence-corrected chi connectivity index (χ4v) is 2.96. The van der Waals surface area contributed by atoms with E-state index in [2.05, 4.69) is 15.4 Å². The predicted molar refractivity (Wildman–Crippen MR) is 105 cm³/mol. The SMILES string of the molecule is Cc1cc(=O)n(CC(=O)Nc2ccc(Cl)c(Cl)c2)c(-n2nc(C)cc2C)n1. The van der Waals surface area contributed by atoms with E-state index in [1.54, 1.807) is 29.8 Å². The summed E-state index contributed by atoms with van der Waals surface area (Å²) < 4.78 is 2.83. The minimum Gasteiger partial charge on any atom is -0.324 e. The molecular weight excluding hydrogens is 389 g/mol. The van der Waals surface area contributed by atoms with Gasteiger partial charge in [0.15, 0.2) is 0 Å². The van der Waals surface area contributed by atoms with Crippen molar-refractivity contribution >= 4 is 34.8 Å². The fraction of sp³-hybridized carbons (Fsp3) is 0.222. The van der Waals surface area contributed by atoms with Gasteiger partial charge in [-0.2, -0.15) is 5.10 Å². The zero-order valence-corrected chi connectivity index (χ0v) is 16.5. The smallest absolute Gasteiger partial charge is 0.255 e. The summed E-state index contributed by atoms with van der Waals surface area (Å²) >= 11 is 11.8. The molecule has 7 nitrogen and oxygen atoms in total. The number of carbonyl (C=O) groups excluding carboxylic acids is 1. The van der Waals surface area contributed by atoms with Crippen molar-refractivity contribution in [2.75, 3.05) is 5.32 Å². The van der Waals surface area contributed by atoms with Crippen LogP contribution in [0.1, 0.15) is 17.1 Å². The third kappa shape index (κ3) is 4.20. The molecule has 3 aromatic rings. The summed E-state index contributed by atoms with van der Waals surface area (Å²) in [4.78, 5) is 29.4. The lowest BCUT2D eigenvalue weighted by Gasteiger charge is -2.14. The molecule has 3 rings (SSSR count). The van der Waals surface area contributed by atoms with Crippen LogP contribution >= 0.6 is 23.2 Å². The van der Waals surface area contributed by atoms with Crippen molar-refractivity contribution in [1.82, 2.24) is 19.3 Å². The van der Waals surface area contributed by atoms with Gasteiger partial charge in [-0.1, -0.05) is 23.2 Å². The molecule has 0 radical (unpaired) electrons. The average molecular weight is 406 g/mol. The van der Waals surface area contributed by atoms with Gasteiger partial charge in [0.2, 0.25) is 11.9 Å². The second-order valence-corrected chi connectivity index (χ2v) is 6.95. The summed E-state index contributed by atoms with van der Waals surface area (Å²) in [5.41, 5.74) is 2.28. The third-order valence-corrected chi connectivity index (χ3v) is 4.56. The van der Waals surface area contributed by atoms with Gasteiger partial charge >= 0.3 is 0 Å². The molecule has 0 saturated carbocycles. The number of rotatable bonds is 4. The zero-order chi connectivity index (χ0) is 19.7. The van der Waals surface area contributed by atoms with Crippen LogP contribution in [0.3, 0.4) is 0 Å². The number of hydrogen-bond donors (Lipinski definition) is 1. The van der Waals surface area contributed by atoms with Gasteiger partial charge in [-0.05, 0) is 45.0 Å². The Kier molecular flexibility index (Phi) is 5.34. The summed E-state index contributed by atoms with van der Waals surface area (Å²) in [6, 6.07) is 8.00. The van der Waals surface area contributed by atoms with E-state index in [0.717, 1.165) is 11.4 Å². The van der Waals surface area contributed by atoms with E-state index in [4.69, 9.17) is 23.2 Å². The number of nitrogens with one attached hydrogen (secondary N) is 1. The average Bonchev–Trinajstić information content (AvgIpc) is 2.91. The van der Waals surface area contributed by atoms with Gasteiger partial charge in [0.05, 0.1) is 15.7 Å². The topological polar surface area (TPSA) is 81.8 Å². The van der Waals surface area contributed by atoms with Crippen molar-refractivity contribution in [3.63, 3.8) is 0 Å². The van der Waals surface area contributed by atoms with Gasteiger partial charge < -0.3 is 5.32 Å². The fourth-order valence-electron chi connectivity index (χ4n) is 2.67. The van der Waals surface area contributed by atoms with Gasteiger partial charge in [-0.25, -0.2) is 9.67 Å². The number of anilines is 1. The van der Waals surface area contributed by atoms with Gasteiger partial charge in [0, 0.05) is 23.1 Å². The molecule has 2 heterocycles. The maximum Gasteiger partial charge on any atom is 0.255 e. The number of benzene rings is 1. The number of aryl methyl sites for hydroxylation is 3.